The number of hydrogen-bond acceptors (Lipinski definition) is 7. The second-order valence-electron chi connectivity index (χ2n) is 7.57. The van der Waals surface area contributed by atoms with E-state index in [1.165, 1.54) is 28.6 Å². The highest BCUT2D eigenvalue weighted by Crippen LogP contribution is 2.21. The lowest BCUT2D eigenvalue weighted by Crippen LogP contribution is -2.40. The number of nitrogens with zero attached hydrogens (tertiary/aromatic N) is 1. The molecule has 2 aromatic carbocycles. The van der Waals surface area contributed by atoms with Crippen LogP contribution in [-0.2, 0) is 29.1 Å². The van der Waals surface area contributed by atoms with Crippen LogP contribution in [0, 0.1) is 0 Å². The van der Waals surface area contributed by atoms with Gasteiger partial charge in [-0.15, -0.1) is 0 Å². The van der Waals surface area contributed by atoms with Crippen LogP contribution < -0.4 is 16.4 Å². The van der Waals surface area contributed by atoms with Gasteiger partial charge in [0.15, 0.2) is 6.61 Å². The second kappa shape index (κ2) is 12.0. The predicted molar refractivity (Wildman–Crippen MR) is 127 cm³/mol. The number of morpholine rings is 1. The third-order valence-corrected chi connectivity index (χ3v) is 7.23. The van der Waals surface area contributed by atoms with E-state index in [1.54, 1.807) is 24.3 Å². The van der Waals surface area contributed by atoms with E-state index < -0.39 is 40.6 Å². The number of nitrogens with two attached hydrogens (primary N) is 1. The van der Waals surface area contributed by atoms with Crippen molar-refractivity contribution in [1.29, 1.82) is 0 Å². The Kier molecular flexibility index (Phi) is 9.04. The average Bonchev–Trinajstić information content (AvgIpc) is 2.83. The fraction of sp³-hybridized carbons (Fsp3) is 0.318. The fourth-order valence-corrected chi connectivity index (χ4v) is 4.87. The Morgan fingerprint density at radius 2 is 1.69 bits per heavy atom. The number of sulfonamides is 1. The SMILES string of the molecule is NC(=O)N[C@H](CC(=O)OCC(=O)Nc1ccc(S(=O)(=O)N2CCOCC2)cc1)c1ccc(Cl)cc1. The summed E-state index contributed by atoms with van der Waals surface area (Å²) in [5.41, 5.74) is 6.11. The first kappa shape index (κ1) is 26.4. The highest BCUT2D eigenvalue weighted by molar-refractivity contribution is 7.89. The predicted octanol–water partition coefficient (Wildman–Crippen LogP) is 1.64. The minimum Gasteiger partial charge on any atom is -0.455 e. The first-order valence-corrected chi connectivity index (χ1v) is 12.4. The normalized spacial score (nSPS) is 15.1. The molecular formula is C22H25ClN4O7S. The molecule has 0 aromatic heterocycles. The molecule has 2 aromatic rings. The molecule has 13 heteroatoms. The molecule has 4 N–H and O–H groups in total. The van der Waals surface area contributed by atoms with Crippen molar-refractivity contribution in [2.45, 2.75) is 17.4 Å². The highest BCUT2D eigenvalue weighted by Gasteiger charge is 2.26. The van der Waals surface area contributed by atoms with Gasteiger partial charge in [0.1, 0.15) is 0 Å². The number of primary amides is 1. The Bertz CT molecular complexity index is 1150. The molecule has 1 fully saturated rings. The fourth-order valence-electron chi connectivity index (χ4n) is 3.33. The Morgan fingerprint density at radius 3 is 2.29 bits per heavy atom. The van der Waals surface area contributed by atoms with Gasteiger partial charge in [-0.1, -0.05) is 23.7 Å². The number of carbonyl (C=O) groups excluding carboxylic acids is 3. The van der Waals surface area contributed by atoms with E-state index in [-0.39, 0.29) is 24.4 Å². The smallest absolute Gasteiger partial charge is 0.312 e. The zero-order valence-corrected chi connectivity index (χ0v) is 20.2. The van der Waals surface area contributed by atoms with Gasteiger partial charge in [0.25, 0.3) is 5.91 Å². The van der Waals surface area contributed by atoms with E-state index in [0.29, 0.717) is 29.5 Å². The van der Waals surface area contributed by atoms with Gasteiger partial charge in [-0.3, -0.25) is 9.59 Å². The van der Waals surface area contributed by atoms with Gasteiger partial charge < -0.3 is 25.8 Å². The van der Waals surface area contributed by atoms with E-state index in [4.69, 9.17) is 26.8 Å². The molecule has 3 amide bonds. The second-order valence-corrected chi connectivity index (χ2v) is 9.94. The maximum Gasteiger partial charge on any atom is 0.312 e. The summed E-state index contributed by atoms with van der Waals surface area (Å²) in [6.07, 6.45) is -0.258. The molecule has 1 saturated heterocycles. The van der Waals surface area contributed by atoms with Crippen molar-refractivity contribution < 1.29 is 32.3 Å². The van der Waals surface area contributed by atoms with Crippen LogP contribution in [-0.4, -0.2) is 63.5 Å². The minimum absolute atomic E-state index is 0.0963. The van der Waals surface area contributed by atoms with Crippen LogP contribution in [0.15, 0.2) is 53.4 Å². The Morgan fingerprint density at radius 1 is 1.06 bits per heavy atom. The summed E-state index contributed by atoms with van der Waals surface area (Å²) in [6, 6.07) is 10.5. The lowest BCUT2D eigenvalue weighted by Gasteiger charge is -2.26. The molecule has 1 aliphatic rings. The molecular weight excluding hydrogens is 500 g/mol. The summed E-state index contributed by atoms with van der Waals surface area (Å²) >= 11 is 5.86. The molecule has 0 bridgehead atoms. The van der Waals surface area contributed by atoms with E-state index in [0.717, 1.165) is 0 Å². The van der Waals surface area contributed by atoms with Crippen molar-refractivity contribution >= 4 is 45.2 Å². The Hall–Kier alpha value is -3.19. The summed E-state index contributed by atoms with van der Waals surface area (Å²) in [7, 11) is -3.65. The van der Waals surface area contributed by atoms with Crippen LogP contribution >= 0.6 is 11.6 Å². The molecule has 1 atom stereocenters. The quantitative estimate of drug-likeness (QED) is 0.421. The zero-order valence-electron chi connectivity index (χ0n) is 18.6. The number of esters is 1. The molecule has 0 radical (unpaired) electrons. The molecule has 0 spiro atoms. The van der Waals surface area contributed by atoms with Gasteiger partial charge in [0.2, 0.25) is 10.0 Å². The van der Waals surface area contributed by atoms with Crippen molar-refractivity contribution in [3.63, 3.8) is 0 Å². The number of benzene rings is 2. The minimum atomic E-state index is -3.65. The third-order valence-electron chi connectivity index (χ3n) is 5.07. The van der Waals surface area contributed by atoms with Crippen LogP contribution in [0.1, 0.15) is 18.0 Å². The van der Waals surface area contributed by atoms with Crippen molar-refractivity contribution in [3.05, 3.63) is 59.1 Å². The van der Waals surface area contributed by atoms with Crippen molar-refractivity contribution in [3.8, 4) is 0 Å². The number of urea groups is 1. The number of amides is 3. The standard InChI is InChI=1S/C22H25ClN4O7S/c23-16-3-1-15(2-4-16)19(26-22(24)30)13-21(29)34-14-20(28)25-17-5-7-18(8-6-17)35(31,32)27-9-11-33-12-10-27/h1-8,19H,9-14H2,(H,25,28)(H3,24,26,30)/t19-/m1/s1. The van der Waals surface area contributed by atoms with Crippen molar-refractivity contribution in [2.75, 3.05) is 38.2 Å². The molecule has 0 aliphatic carbocycles. The van der Waals surface area contributed by atoms with Gasteiger partial charge >= 0.3 is 12.0 Å². The molecule has 0 unspecified atom stereocenters. The number of hydrogen-bond donors (Lipinski definition) is 3. The third kappa shape index (κ3) is 7.65. The largest absolute Gasteiger partial charge is 0.455 e. The van der Waals surface area contributed by atoms with E-state index in [2.05, 4.69) is 10.6 Å². The summed E-state index contributed by atoms with van der Waals surface area (Å²) in [4.78, 5) is 35.8. The van der Waals surface area contributed by atoms with Crippen LogP contribution in [0.2, 0.25) is 5.02 Å². The van der Waals surface area contributed by atoms with Crippen LogP contribution in [0.3, 0.4) is 0 Å². The topological polar surface area (TPSA) is 157 Å². The van der Waals surface area contributed by atoms with Crippen molar-refractivity contribution in [1.82, 2.24) is 9.62 Å². The van der Waals surface area contributed by atoms with Crippen LogP contribution in [0.25, 0.3) is 0 Å². The number of nitrogens with one attached hydrogen (secondary N) is 2. The van der Waals surface area contributed by atoms with Gasteiger partial charge in [-0.2, -0.15) is 4.31 Å². The molecule has 35 heavy (non-hydrogen) atoms. The Labute approximate surface area is 207 Å². The van der Waals surface area contributed by atoms with Crippen LogP contribution in [0.4, 0.5) is 10.5 Å². The summed E-state index contributed by atoms with van der Waals surface area (Å²) in [5.74, 6) is -1.35. The monoisotopic (exact) mass is 524 g/mol. The molecule has 1 heterocycles. The molecule has 188 valence electrons. The molecule has 11 nitrogen and oxygen atoms in total. The summed E-state index contributed by atoms with van der Waals surface area (Å²) in [6.45, 7) is 0.660. The van der Waals surface area contributed by atoms with Gasteiger partial charge in [-0.05, 0) is 42.0 Å². The van der Waals surface area contributed by atoms with E-state index >= 15 is 0 Å². The number of ether oxygens (including phenoxy) is 2. The van der Waals surface area contributed by atoms with E-state index in [9.17, 15) is 22.8 Å². The Balaban J connectivity index is 1.52. The highest BCUT2D eigenvalue weighted by atomic mass is 35.5. The maximum absolute atomic E-state index is 12.7. The van der Waals surface area contributed by atoms with Gasteiger partial charge in [-0.25, -0.2) is 13.2 Å². The number of carbonyl (C=O) groups is 3. The van der Waals surface area contributed by atoms with Gasteiger partial charge in [0, 0.05) is 23.8 Å². The van der Waals surface area contributed by atoms with Crippen molar-refractivity contribution in [2.24, 2.45) is 5.73 Å². The molecule has 1 aliphatic heterocycles. The first-order valence-electron chi connectivity index (χ1n) is 10.6. The number of anilines is 1. The van der Waals surface area contributed by atoms with E-state index in [1.807, 2.05) is 0 Å². The first-order chi connectivity index (χ1) is 16.6. The average molecular weight is 525 g/mol. The summed E-state index contributed by atoms with van der Waals surface area (Å²) in [5, 5.41) is 5.46. The lowest BCUT2D eigenvalue weighted by atomic mass is 10.0. The number of halogens is 1. The van der Waals surface area contributed by atoms with Crippen LogP contribution in [0.5, 0.6) is 0 Å². The summed E-state index contributed by atoms with van der Waals surface area (Å²) < 4.78 is 36.8. The molecule has 3 rings (SSSR count). The van der Waals surface area contributed by atoms with Gasteiger partial charge in [0.05, 0.1) is 30.6 Å². The maximum atomic E-state index is 12.7. The molecule has 0 saturated carbocycles. The zero-order chi connectivity index (χ0) is 25.4. The number of rotatable bonds is 9. The lowest BCUT2D eigenvalue weighted by molar-refractivity contribution is -0.147.